The van der Waals surface area contributed by atoms with Crippen molar-refractivity contribution in [3.63, 3.8) is 0 Å². The molecular weight excluding hydrogens is 383 g/mol. The normalized spacial score (nSPS) is 14.9. The summed E-state index contributed by atoms with van der Waals surface area (Å²) in [4.78, 5) is 12.2. The van der Waals surface area contributed by atoms with E-state index in [-0.39, 0.29) is 17.8 Å². The van der Waals surface area contributed by atoms with Gasteiger partial charge in [0.25, 0.3) is 5.91 Å². The number of nitrogens with one attached hydrogen (secondary N) is 2. The van der Waals surface area contributed by atoms with Gasteiger partial charge in [-0.25, -0.2) is 4.39 Å². The molecule has 0 aliphatic carbocycles. The highest BCUT2D eigenvalue weighted by molar-refractivity contribution is 6.04. The maximum Gasteiger partial charge on any atom is 0.255 e. The lowest BCUT2D eigenvalue weighted by molar-refractivity contribution is 0.0864. The predicted octanol–water partition coefficient (Wildman–Crippen LogP) is 4.05. The monoisotopic (exact) mass is 406 g/mol. The van der Waals surface area contributed by atoms with Crippen molar-refractivity contribution < 1.29 is 18.7 Å². The number of carbonyl (C=O) groups excluding carboxylic acids is 1. The summed E-state index contributed by atoms with van der Waals surface area (Å²) in [6, 6.07) is 21.6. The molecule has 4 rings (SSSR count). The second-order valence-electron chi connectivity index (χ2n) is 7.09. The molecule has 0 saturated heterocycles. The number of fused-ring (bicyclic) bond motifs is 1. The van der Waals surface area contributed by atoms with E-state index in [1.165, 1.54) is 6.07 Å². The van der Waals surface area contributed by atoms with Crippen LogP contribution in [0.2, 0.25) is 0 Å². The molecule has 30 heavy (non-hydrogen) atoms. The summed E-state index contributed by atoms with van der Waals surface area (Å²) < 4.78 is 24.9. The van der Waals surface area contributed by atoms with Crippen LogP contribution in [-0.2, 0) is 6.42 Å². The fourth-order valence-electron chi connectivity index (χ4n) is 3.26. The molecule has 1 atom stereocenters. The van der Waals surface area contributed by atoms with Crippen molar-refractivity contribution in [2.75, 3.05) is 25.0 Å². The van der Waals surface area contributed by atoms with Crippen LogP contribution >= 0.6 is 0 Å². The molecule has 0 fully saturated rings. The maximum absolute atomic E-state index is 13.6. The second kappa shape index (κ2) is 9.41. The van der Waals surface area contributed by atoms with Crippen LogP contribution in [-0.4, -0.2) is 31.7 Å². The number of halogens is 1. The first kappa shape index (κ1) is 19.9. The van der Waals surface area contributed by atoms with E-state index in [9.17, 15) is 9.18 Å². The molecule has 1 unspecified atom stereocenters. The Hall–Kier alpha value is -3.38. The zero-order valence-electron chi connectivity index (χ0n) is 16.4. The van der Waals surface area contributed by atoms with Crippen molar-refractivity contribution in [1.82, 2.24) is 5.32 Å². The Balaban J connectivity index is 1.20. The number of rotatable bonds is 7. The van der Waals surface area contributed by atoms with Crippen LogP contribution in [0.15, 0.2) is 72.8 Å². The van der Waals surface area contributed by atoms with Gasteiger partial charge in [0.15, 0.2) is 17.3 Å². The Morgan fingerprint density at radius 3 is 2.60 bits per heavy atom. The van der Waals surface area contributed by atoms with Gasteiger partial charge < -0.3 is 20.1 Å². The highest BCUT2D eigenvalue weighted by Crippen LogP contribution is 2.33. The molecule has 0 radical (unpaired) electrons. The number of hydrogen-bond donors (Lipinski definition) is 2. The van der Waals surface area contributed by atoms with Crippen molar-refractivity contribution in [3.05, 3.63) is 89.7 Å². The average Bonchev–Trinajstić information content (AvgIpc) is 2.78. The van der Waals surface area contributed by atoms with Crippen molar-refractivity contribution in [2.45, 2.75) is 12.5 Å². The second-order valence-corrected chi connectivity index (χ2v) is 7.09. The van der Waals surface area contributed by atoms with Gasteiger partial charge >= 0.3 is 0 Å². The van der Waals surface area contributed by atoms with Gasteiger partial charge in [0.05, 0.1) is 0 Å². The SMILES string of the molecule is O=C(Nc1ccc(CCNCC2COc3c(F)cccc3O2)cc1)c1ccccc1. The Morgan fingerprint density at radius 1 is 1.00 bits per heavy atom. The Morgan fingerprint density at radius 2 is 1.80 bits per heavy atom. The van der Waals surface area contributed by atoms with Gasteiger partial charge in [-0.3, -0.25) is 4.79 Å². The molecule has 1 amide bonds. The summed E-state index contributed by atoms with van der Waals surface area (Å²) in [7, 11) is 0. The third-order valence-corrected chi connectivity index (χ3v) is 4.85. The minimum Gasteiger partial charge on any atom is -0.483 e. The Kier molecular flexibility index (Phi) is 6.25. The summed E-state index contributed by atoms with van der Waals surface area (Å²) in [5.41, 5.74) is 2.55. The third kappa shape index (κ3) is 4.96. The standard InChI is InChI=1S/C24H23FN2O3/c25-21-7-4-8-22-23(21)29-16-20(30-22)15-26-14-13-17-9-11-19(12-10-17)27-24(28)18-5-2-1-3-6-18/h1-12,20,26H,13-16H2,(H,27,28). The first-order valence-electron chi connectivity index (χ1n) is 9.93. The topological polar surface area (TPSA) is 59.6 Å². The first-order chi connectivity index (χ1) is 14.7. The van der Waals surface area contributed by atoms with Gasteiger partial charge in [0.2, 0.25) is 0 Å². The van der Waals surface area contributed by atoms with Gasteiger partial charge in [-0.15, -0.1) is 0 Å². The molecule has 1 heterocycles. The van der Waals surface area contributed by atoms with Crippen molar-refractivity contribution in [1.29, 1.82) is 0 Å². The van der Waals surface area contributed by atoms with Crippen molar-refractivity contribution >= 4 is 11.6 Å². The molecule has 154 valence electrons. The number of para-hydroxylation sites is 1. The van der Waals surface area contributed by atoms with E-state index in [0.29, 0.717) is 24.5 Å². The Bertz CT molecular complexity index is 993. The van der Waals surface area contributed by atoms with Gasteiger partial charge in [0.1, 0.15) is 12.7 Å². The smallest absolute Gasteiger partial charge is 0.255 e. The molecule has 0 spiro atoms. The fourth-order valence-corrected chi connectivity index (χ4v) is 3.26. The molecule has 0 bridgehead atoms. The number of hydrogen-bond acceptors (Lipinski definition) is 4. The van der Waals surface area contributed by atoms with E-state index in [1.54, 1.807) is 24.3 Å². The van der Waals surface area contributed by atoms with Crippen LogP contribution in [0.4, 0.5) is 10.1 Å². The molecule has 0 aromatic heterocycles. The molecule has 6 heteroatoms. The molecule has 1 aliphatic heterocycles. The zero-order chi connectivity index (χ0) is 20.8. The van der Waals surface area contributed by atoms with Crippen LogP contribution in [0.1, 0.15) is 15.9 Å². The highest BCUT2D eigenvalue weighted by atomic mass is 19.1. The van der Waals surface area contributed by atoms with Gasteiger partial charge in [0, 0.05) is 17.8 Å². The van der Waals surface area contributed by atoms with E-state index in [1.807, 2.05) is 42.5 Å². The van der Waals surface area contributed by atoms with Crippen LogP contribution in [0.3, 0.4) is 0 Å². The number of carbonyl (C=O) groups is 1. The zero-order valence-corrected chi connectivity index (χ0v) is 16.4. The lowest BCUT2D eigenvalue weighted by Crippen LogP contribution is -2.39. The minimum atomic E-state index is -0.401. The van der Waals surface area contributed by atoms with E-state index >= 15 is 0 Å². The lowest BCUT2D eigenvalue weighted by atomic mass is 10.1. The molecule has 3 aromatic rings. The molecular formula is C24H23FN2O3. The van der Waals surface area contributed by atoms with E-state index in [2.05, 4.69) is 10.6 Å². The number of amides is 1. The molecule has 0 saturated carbocycles. The molecule has 1 aliphatic rings. The number of ether oxygens (including phenoxy) is 2. The number of benzene rings is 3. The van der Waals surface area contributed by atoms with Crippen LogP contribution in [0, 0.1) is 5.82 Å². The van der Waals surface area contributed by atoms with Crippen molar-refractivity contribution in [2.24, 2.45) is 0 Å². The lowest BCUT2D eigenvalue weighted by Gasteiger charge is -2.26. The van der Waals surface area contributed by atoms with Crippen LogP contribution in [0.5, 0.6) is 11.5 Å². The van der Waals surface area contributed by atoms with E-state index in [4.69, 9.17) is 9.47 Å². The van der Waals surface area contributed by atoms with Gasteiger partial charge in [-0.2, -0.15) is 0 Å². The third-order valence-electron chi connectivity index (χ3n) is 4.85. The van der Waals surface area contributed by atoms with Crippen LogP contribution < -0.4 is 20.1 Å². The quantitative estimate of drug-likeness (QED) is 0.581. The molecule has 3 aromatic carbocycles. The summed E-state index contributed by atoms with van der Waals surface area (Å²) in [5, 5.41) is 6.24. The minimum absolute atomic E-state index is 0.124. The molecule has 5 nitrogen and oxygen atoms in total. The molecule has 2 N–H and O–H groups in total. The van der Waals surface area contributed by atoms with Gasteiger partial charge in [-0.1, -0.05) is 36.4 Å². The largest absolute Gasteiger partial charge is 0.483 e. The van der Waals surface area contributed by atoms with Crippen LogP contribution in [0.25, 0.3) is 0 Å². The highest BCUT2D eigenvalue weighted by Gasteiger charge is 2.23. The first-order valence-corrected chi connectivity index (χ1v) is 9.93. The van der Waals surface area contributed by atoms with Crippen molar-refractivity contribution in [3.8, 4) is 11.5 Å². The van der Waals surface area contributed by atoms with E-state index < -0.39 is 5.82 Å². The van der Waals surface area contributed by atoms with E-state index in [0.717, 1.165) is 24.2 Å². The Labute approximate surface area is 174 Å². The van der Waals surface area contributed by atoms with Gasteiger partial charge in [-0.05, 0) is 54.9 Å². The predicted molar refractivity (Wildman–Crippen MR) is 114 cm³/mol. The maximum atomic E-state index is 13.6. The summed E-state index contributed by atoms with van der Waals surface area (Å²) in [6.07, 6.45) is 0.681. The fraction of sp³-hybridized carbons (Fsp3) is 0.208. The number of anilines is 1. The summed E-state index contributed by atoms with van der Waals surface area (Å²) in [6.45, 7) is 1.70. The summed E-state index contributed by atoms with van der Waals surface area (Å²) in [5.74, 6) is 0.109. The summed E-state index contributed by atoms with van der Waals surface area (Å²) >= 11 is 0. The average molecular weight is 406 g/mol.